The van der Waals surface area contributed by atoms with Gasteiger partial charge in [-0.25, -0.2) is 4.79 Å². The molecule has 8 nitrogen and oxygen atoms in total. The van der Waals surface area contributed by atoms with Gasteiger partial charge in [-0.3, -0.25) is 14.9 Å². The lowest BCUT2D eigenvalue weighted by Gasteiger charge is -2.10. The average Bonchev–Trinajstić information content (AvgIpc) is 2.65. The number of ether oxygens (including phenoxy) is 2. The average molecular weight is 358 g/mol. The van der Waals surface area contributed by atoms with Crippen LogP contribution in [0.2, 0.25) is 0 Å². The van der Waals surface area contributed by atoms with Crippen molar-refractivity contribution in [3.05, 3.63) is 64.2 Å². The summed E-state index contributed by atoms with van der Waals surface area (Å²) in [5.41, 5.74) is 1.25. The summed E-state index contributed by atoms with van der Waals surface area (Å²) in [6.45, 7) is 1.19. The Kier molecular flexibility index (Phi) is 6.67. The molecule has 0 heterocycles. The standard InChI is InChI=1S/C18H18N2O6/c1-2-13-5-3-4-6-16(13)25-12-18(22)26-11-17(21)19-14-7-9-15(10-8-14)20(23)24/h3-10H,2,11-12H2,1H3,(H,19,21). The first kappa shape index (κ1) is 18.9. The van der Waals surface area contributed by atoms with Gasteiger partial charge in [-0.1, -0.05) is 25.1 Å². The van der Waals surface area contributed by atoms with E-state index in [1.807, 2.05) is 19.1 Å². The Morgan fingerprint density at radius 2 is 1.77 bits per heavy atom. The Bertz CT molecular complexity index is 789. The SMILES string of the molecule is CCc1ccccc1OCC(=O)OCC(=O)Nc1ccc([N+](=O)[O-])cc1. The first-order valence-corrected chi connectivity index (χ1v) is 7.90. The second-order valence-electron chi connectivity index (χ2n) is 5.26. The van der Waals surface area contributed by atoms with Crippen LogP contribution in [0, 0.1) is 10.1 Å². The number of anilines is 1. The van der Waals surface area contributed by atoms with Crippen molar-refractivity contribution < 1.29 is 24.0 Å². The zero-order valence-corrected chi connectivity index (χ0v) is 14.1. The molecule has 0 unspecified atom stereocenters. The molecule has 1 N–H and O–H groups in total. The van der Waals surface area contributed by atoms with Crippen molar-refractivity contribution >= 4 is 23.3 Å². The summed E-state index contributed by atoms with van der Waals surface area (Å²) in [4.78, 5) is 33.5. The van der Waals surface area contributed by atoms with Gasteiger partial charge in [-0.05, 0) is 30.2 Å². The van der Waals surface area contributed by atoms with Crippen LogP contribution in [0.15, 0.2) is 48.5 Å². The fourth-order valence-corrected chi connectivity index (χ4v) is 2.12. The molecule has 1 amide bonds. The Balaban J connectivity index is 1.76. The van der Waals surface area contributed by atoms with Gasteiger partial charge in [0.1, 0.15) is 5.75 Å². The molecule has 0 radical (unpaired) electrons. The number of esters is 1. The maximum Gasteiger partial charge on any atom is 0.344 e. The maximum atomic E-state index is 11.7. The number of nitro benzene ring substituents is 1. The van der Waals surface area contributed by atoms with Crippen molar-refractivity contribution in [2.24, 2.45) is 0 Å². The van der Waals surface area contributed by atoms with Gasteiger partial charge in [0, 0.05) is 17.8 Å². The highest BCUT2D eigenvalue weighted by atomic mass is 16.6. The number of non-ortho nitro benzene ring substituents is 1. The lowest BCUT2D eigenvalue weighted by atomic mass is 10.1. The zero-order valence-electron chi connectivity index (χ0n) is 14.1. The number of hydrogen-bond acceptors (Lipinski definition) is 6. The quantitative estimate of drug-likeness (QED) is 0.442. The van der Waals surface area contributed by atoms with E-state index in [4.69, 9.17) is 9.47 Å². The van der Waals surface area contributed by atoms with Crippen molar-refractivity contribution in [2.75, 3.05) is 18.5 Å². The minimum Gasteiger partial charge on any atom is -0.482 e. The van der Waals surface area contributed by atoms with Gasteiger partial charge in [0.25, 0.3) is 11.6 Å². The summed E-state index contributed by atoms with van der Waals surface area (Å²) in [6, 6.07) is 12.7. The third-order valence-corrected chi connectivity index (χ3v) is 3.43. The Morgan fingerprint density at radius 1 is 1.08 bits per heavy atom. The number of carbonyl (C=O) groups excluding carboxylic acids is 2. The van der Waals surface area contributed by atoms with Gasteiger partial charge in [0.2, 0.25) is 0 Å². The Labute approximate surface area is 149 Å². The number of amides is 1. The van der Waals surface area contributed by atoms with Gasteiger partial charge in [0.15, 0.2) is 13.2 Å². The number of benzene rings is 2. The Hall–Kier alpha value is -3.42. The highest BCUT2D eigenvalue weighted by Gasteiger charge is 2.11. The molecule has 0 saturated carbocycles. The summed E-state index contributed by atoms with van der Waals surface area (Å²) < 4.78 is 10.3. The summed E-state index contributed by atoms with van der Waals surface area (Å²) >= 11 is 0. The van der Waals surface area contributed by atoms with E-state index in [1.54, 1.807) is 12.1 Å². The third-order valence-electron chi connectivity index (χ3n) is 3.43. The largest absolute Gasteiger partial charge is 0.482 e. The first-order chi connectivity index (χ1) is 12.5. The minimum absolute atomic E-state index is 0.0843. The molecule has 0 fully saturated rings. The van der Waals surface area contributed by atoms with Gasteiger partial charge < -0.3 is 14.8 Å². The number of nitrogens with one attached hydrogen (secondary N) is 1. The van der Waals surface area contributed by atoms with Crippen LogP contribution in [0.3, 0.4) is 0 Å². The number of nitro groups is 1. The monoisotopic (exact) mass is 358 g/mol. The smallest absolute Gasteiger partial charge is 0.344 e. The molecule has 0 aliphatic heterocycles. The summed E-state index contributed by atoms with van der Waals surface area (Å²) in [6.07, 6.45) is 0.767. The minimum atomic E-state index is -0.672. The van der Waals surface area contributed by atoms with E-state index >= 15 is 0 Å². The molecule has 0 aliphatic rings. The van der Waals surface area contributed by atoms with Crippen LogP contribution in [0.25, 0.3) is 0 Å². The maximum absolute atomic E-state index is 11.7. The fourth-order valence-electron chi connectivity index (χ4n) is 2.12. The molecule has 0 spiro atoms. The number of rotatable bonds is 8. The van der Waals surface area contributed by atoms with Crippen LogP contribution in [-0.4, -0.2) is 30.0 Å². The number of carbonyl (C=O) groups is 2. The summed E-state index contributed by atoms with van der Waals surface area (Å²) in [7, 11) is 0. The van der Waals surface area contributed by atoms with Gasteiger partial charge >= 0.3 is 5.97 Å². The van der Waals surface area contributed by atoms with E-state index in [-0.39, 0.29) is 12.3 Å². The number of aryl methyl sites for hydroxylation is 1. The Morgan fingerprint density at radius 3 is 2.42 bits per heavy atom. The van der Waals surface area contributed by atoms with Crippen LogP contribution in [-0.2, 0) is 20.7 Å². The van der Waals surface area contributed by atoms with E-state index in [0.717, 1.165) is 12.0 Å². The van der Waals surface area contributed by atoms with E-state index in [9.17, 15) is 19.7 Å². The number of para-hydroxylation sites is 1. The normalized spacial score (nSPS) is 10.0. The summed E-state index contributed by atoms with van der Waals surface area (Å²) in [5.74, 6) is -0.627. The summed E-state index contributed by atoms with van der Waals surface area (Å²) in [5, 5.41) is 13.0. The van der Waals surface area contributed by atoms with E-state index in [0.29, 0.717) is 11.4 Å². The predicted octanol–water partition coefficient (Wildman–Crippen LogP) is 2.72. The van der Waals surface area contributed by atoms with Crippen LogP contribution in [0.4, 0.5) is 11.4 Å². The second kappa shape index (κ2) is 9.16. The molecule has 0 saturated heterocycles. The van der Waals surface area contributed by atoms with Crippen molar-refractivity contribution in [3.63, 3.8) is 0 Å². The van der Waals surface area contributed by atoms with E-state index in [2.05, 4.69) is 5.32 Å². The van der Waals surface area contributed by atoms with Crippen LogP contribution in [0.1, 0.15) is 12.5 Å². The molecule has 0 atom stereocenters. The topological polar surface area (TPSA) is 108 Å². The molecule has 2 aromatic rings. The van der Waals surface area contributed by atoms with Crippen molar-refractivity contribution in [1.82, 2.24) is 0 Å². The van der Waals surface area contributed by atoms with Crippen molar-refractivity contribution in [2.45, 2.75) is 13.3 Å². The van der Waals surface area contributed by atoms with Gasteiger partial charge in [0.05, 0.1) is 4.92 Å². The van der Waals surface area contributed by atoms with Crippen molar-refractivity contribution in [3.8, 4) is 5.75 Å². The van der Waals surface area contributed by atoms with Crippen molar-refractivity contribution in [1.29, 1.82) is 0 Å². The third kappa shape index (κ3) is 5.59. The number of hydrogen-bond donors (Lipinski definition) is 1. The second-order valence-corrected chi connectivity index (χ2v) is 5.26. The molecule has 2 rings (SSSR count). The molecule has 8 heteroatoms. The van der Waals surface area contributed by atoms with Crippen LogP contribution in [0.5, 0.6) is 5.75 Å². The first-order valence-electron chi connectivity index (χ1n) is 7.90. The van der Waals surface area contributed by atoms with E-state index in [1.165, 1.54) is 24.3 Å². The van der Waals surface area contributed by atoms with Gasteiger partial charge in [-0.15, -0.1) is 0 Å². The molecule has 2 aromatic carbocycles. The van der Waals surface area contributed by atoms with Crippen LogP contribution < -0.4 is 10.1 Å². The highest BCUT2D eigenvalue weighted by Crippen LogP contribution is 2.18. The van der Waals surface area contributed by atoms with E-state index < -0.39 is 23.4 Å². The zero-order chi connectivity index (χ0) is 18.9. The molecule has 0 bridgehead atoms. The number of nitrogens with zero attached hydrogens (tertiary/aromatic N) is 1. The van der Waals surface area contributed by atoms with Crippen LogP contribution >= 0.6 is 0 Å². The molecule has 0 aromatic heterocycles. The molecular weight excluding hydrogens is 340 g/mol. The highest BCUT2D eigenvalue weighted by molar-refractivity contribution is 5.92. The molecule has 26 heavy (non-hydrogen) atoms. The lowest BCUT2D eigenvalue weighted by molar-refractivity contribution is -0.384. The van der Waals surface area contributed by atoms with Gasteiger partial charge in [-0.2, -0.15) is 0 Å². The lowest BCUT2D eigenvalue weighted by Crippen LogP contribution is -2.23. The molecule has 136 valence electrons. The molecule has 0 aliphatic carbocycles. The molecular formula is C18H18N2O6. The fraction of sp³-hybridized carbons (Fsp3) is 0.222. The predicted molar refractivity (Wildman–Crippen MR) is 94.0 cm³/mol.